The highest BCUT2D eigenvalue weighted by Crippen LogP contribution is 2.29. The molecule has 0 aliphatic heterocycles. The molecule has 12 heavy (non-hydrogen) atoms. The first-order valence-electron chi connectivity index (χ1n) is 3.84. The van der Waals surface area contributed by atoms with E-state index < -0.39 is 0 Å². The van der Waals surface area contributed by atoms with E-state index >= 15 is 0 Å². The number of hydrogen-bond donors (Lipinski definition) is 0. The van der Waals surface area contributed by atoms with Gasteiger partial charge in [0.15, 0.2) is 4.67 Å². The molecule has 0 radical (unpaired) electrons. The Kier molecular flexibility index (Phi) is 1.72. The van der Waals surface area contributed by atoms with E-state index in [1.165, 1.54) is 16.5 Å². The van der Waals surface area contributed by atoms with Gasteiger partial charge in [0.2, 0.25) is 0 Å². The Morgan fingerprint density at radius 2 is 2.00 bits per heavy atom. The first-order chi connectivity index (χ1) is 5.68. The summed E-state index contributed by atoms with van der Waals surface area (Å²) in [6, 6.07) is 6.23. The molecule has 0 aliphatic rings. The van der Waals surface area contributed by atoms with Crippen LogP contribution in [0.3, 0.4) is 0 Å². The van der Waals surface area contributed by atoms with Gasteiger partial charge in [-0.25, -0.2) is 0 Å². The minimum absolute atomic E-state index is 0.836. The fourth-order valence-electron chi connectivity index (χ4n) is 1.30. The van der Waals surface area contributed by atoms with Crippen LogP contribution in [0.15, 0.2) is 27.3 Å². The molecule has 0 N–H and O–H groups in total. The Hall–Kier alpha value is -0.760. The van der Waals surface area contributed by atoms with Crippen molar-refractivity contribution in [2.45, 2.75) is 13.8 Å². The van der Waals surface area contributed by atoms with Gasteiger partial charge in [-0.3, -0.25) is 0 Å². The summed E-state index contributed by atoms with van der Waals surface area (Å²) in [4.78, 5) is 0. The Labute approximate surface area is 79.5 Å². The summed E-state index contributed by atoms with van der Waals surface area (Å²) in [5.41, 5.74) is 3.35. The molecule has 1 aromatic carbocycles. The molecule has 1 nitrogen and oxygen atoms in total. The Morgan fingerprint density at radius 3 is 2.75 bits per heavy atom. The molecule has 0 saturated heterocycles. The van der Waals surface area contributed by atoms with Crippen molar-refractivity contribution in [3.05, 3.63) is 34.0 Å². The van der Waals surface area contributed by atoms with Crippen LogP contribution in [0.1, 0.15) is 11.1 Å². The number of rotatable bonds is 0. The van der Waals surface area contributed by atoms with E-state index in [0.717, 1.165) is 10.3 Å². The molecular formula is C10H9BrO. The second-order valence-corrected chi connectivity index (χ2v) is 3.72. The van der Waals surface area contributed by atoms with E-state index in [1.807, 2.05) is 13.0 Å². The molecule has 0 bridgehead atoms. The molecule has 0 unspecified atom stereocenters. The van der Waals surface area contributed by atoms with Crippen LogP contribution >= 0.6 is 15.9 Å². The van der Waals surface area contributed by atoms with Crippen molar-refractivity contribution >= 4 is 26.9 Å². The molecule has 0 fully saturated rings. The lowest BCUT2D eigenvalue weighted by atomic mass is 10.1. The largest absolute Gasteiger partial charge is 0.449 e. The van der Waals surface area contributed by atoms with Crippen LogP contribution in [0.5, 0.6) is 0 Å². The highest BCUT2D eigenvalue weighted by Gasteiger charge is 2.06. The average Bonchev–Trinajstić information content (AvgIpc) is 2.28. The summed E-state index contributed by atoms with van der Waals surface area (Å²) in [6.45, 7) is 4.11. The molecule has 0 saturated carbocycles. The van der Waals surface area contributed by atoms with Gasteiger partial charge >= 0.3 is 0 Å². The van der Waals surface area contributed by atoms with E-state index in [0.29, 0.717) is 0 Å². The number of fused-ring (bicyclic) bond motifs is 1. The molecule has 1 heterocycles. The first kappa shape index (κ1) is 7.87. The molecule has 2 aromatic rings. The lowest BCUT2D eigenvalue weighted by Gasteiger charge is -1.90. The molecule has 0 aliphatic carbocycles. The van der Waals surface area contributed by atoms with Gasteiger partial charge in [0.1, 0.15) is 5.58 Å². The van der Waals surface area contributed by atoms with E-state index in [-0.39, 0.29) is 0 Å². The van der Waals surface area contributed by atoms with Gasteiger partial charge in [-0.2, -0.15) is 0 Å². The fraction of sp³-hybridized carbons (Fsp3) is 0.200. The Balaban J connectivity index is 2.87. The molecule has 2 rings (SSSR count). The zero-order valence-corrected chi connectivity index (χ0v) is 8.60. The third kappa shape index (κ3) is 1.07. The topological polar surface area (TPSA) is 13.1 Å². The van der Waals surface area contributed by atoms with Crippen LogP contribution in [-0.2, 0) is 0 Å². The number of halogens is 1. The van der Waals surface area contributed by atoms with Crippen LogP contribution in [0.25, 0.3) is 11.0 Å². The highest BCUT2D eigenvalue weighted by atomic mass is 79.9. The molecule has 62 valence electrons. The zero-order valence-electron chi connectivity index (χ0n) is 7.02. The quantitative estimate of drug-likeness (QED) is 0.664. The lowest BCUT2D eigenvalue weighted by molar-refractivity contribution is 0.584. The second kappa shape index (κ2) is 2.63. The summed E-state index contributed by atoms with van der Waals surface area (Å²) in [5, 5.41) is 1.19. The third-order valence-electron chi connectivity index (χ3n) is 2.04. The molecule has 0 amide bonds. The fourth-order valence-corrected chi connectivity index (χ4v) is 1.69. The van der Waals surface area contributed by atoms with Crippen molar-refractivity contribution in [1.82, 2.24) is 0 Å². The van der Waals surface area contributed by atoms with Gasteiger partial charge in [-0.1, -0.05) is 12.1 Å². The van der Waals surface area contributed by atoms with Gasteiger partial charge in [0.25, 0.3) is 0 Å². The smallest absolute Gasteiger partial charge is 0.173 e. The summed E-state index contributed by atoms with van der Waals surface area (Å²) in [7, 11) is 0. The SMILES string of the molecule is Cc1ccc2c(C)c(Br)oc2c1. The predicted molar refractivity (Wildman–Crippen MR) is 53.4 cm³/mol. The van der Waals surface area contributed by atoms with E-state index in [2.05, 4.69) is 35.0 Å². The van der Waals surface area contributed by atoms with Crippen LogP contribution in [0, 0.1) is 13.8 Å². The highest BCUT2D eigenvalue weighted by molar-refractivity contribution is 9.10. The van der Waals surface area contributed by atoms with Crippen molar-refractivity contribution < 1.29 is 4.42 Å². The van der Waals surface area contributed by atoms with Crippen molar-refractivity contribution in [2.75, 3.05) is 0 Å². The summed E-state index contributed by atoms with van der Waals surface area (Å²) >= 11 is 3.37. The van der Waals surface area contributed by atoms with Crippen LogP contribution in [0.2, 0.25) is 0 Å². The average molecular weight is 225 g/mol. The monoisotopic (exact) mass is 224 g/mol. The Bertz CT molecular complexity index is 429. The summed E-state index contributed by atoms with van der Waals surface area (Å²) < 4.78 is 6.33. The van der Waals surface area contributed by atoms with Crippen LogP contribution < -0.4 is 0 Å². The molecule has 0 atom stereocenters. The van der Waals surface area contributed by atoms with Gasteiger partial charge in [-0.15, -0.1) is 0 Å². The van der Waals surface area contributed by atoms with Crippen molar-refractivity contribution in [3.8, 4) is 0 Å². The maximum atomic E-state index is 5.50. The molecule has 2 heteroatoms. The van der Waals surface area contributed by atoms with Crippen molar-refractivity contribution in [3.63, 3.8) is 0 Å². The molecule has 1 aromatic heterocycles. The van der Waals surface area contributed by atoms with E-state index in [4.69, 9.17) is 4.42 Å². The van der Waals surface area contributed by atoms with Gasteiger partial charge in [-0.05, 0) is 41.4 Å². The number of furan rings is 1. The predicted octanol–water partition coefficient (Wildman–Crippen LogP) is 3.81. The third-order valence-corrected chi connectivity index (χ3v) is 2.79. The minimum atomic E-state index is 0.836. The summed E-state index contributed by atoms with van der Waals surface area (Å²) in [6.07, 6.45) is 0. The zero-order chi connectivity index (χ0) is 8.72. The molecular weight excluding hydrogens is 216 g/mol. The van der Waals surface area contributed by atoms with Crippen molar-refractivity contribution in [1.29, 1.82) is 0 Å². The summed E-state index contributed by atoms with van der Waals surface area (Å²) in [5.74, 6) is 0. The van der Waals surface area contributed by atoms with Crippen LogP contribution in [-0.4, -0.2) is 0 Å². The van der Waals surface area contributed by atoms with Gasteiger partial charge in [0.05, 0.1) is 0 Å². The number of hydrogen-bond acceptors (Lipinski definition) is 1. The second-order valence-electron chi connectivity index (χ2n) is 3.00. The lowest BCUT2D eigenvalue weighted by Crippen LogP contribution is -1.71. The normalized spacial score (nSPS) is 10.9. The molecule has 0 spiro atoms. The van der Waals surface area contributed by atoms with Crippen molar-refractivity contribution in [2.24, 2.45) is 0 Å². The number of benzene rings is 1. The maximum absolute atomic E-state index is 5.50. The van der Waals surface area contributed by atoms with E-state index in [9.17, 15) is 0 Å². The number of aryl methyl sites for hydroxylation is 2. The van der Waals surface area contributed by atoms with E-state index in [1.54, 1.807) is 0 Å². The van der Waals surface area contributed by atoms with Gasteiger partial charge in [0, 0.05) is 10.9 Å². The van der Waals surface area contributed by atoms with Crippen LogP contribution in [0.4, 0.5) is 0 Å². The minimum Gasteiger partial charge on any atom is -0.449 e. The Morgan fingerprint density at radius 1 is 1.25 bits per heavy atom. The first-order valence-corrected chi connectivity index (χ1v) is 4.63. The van der Waals surface area contributed by atoms with Gasteiger partial charge < -0.3 is 4.42 Å². The maximum Gasteiger partial charge on any atom is 0.173 e. The standard InChI is InChI=1S/C10H9BrO/c1-6-3-4-8-7(2)10(11)12-9(8)5-6/h3-5H,1-2H3.